The molecule has 1 saturated carbocycles. The maximum Gasteiger partial charge on any atom is 0.278 e. The van der Waals surface area contributed by atoms with E-state index in [4.69, 9.17) is 9.47 Å². The van der Waals surface area contributed by atoms with Gasteiger partial charge in [0.15, 0.2) is 4.90 Å². The van der Waals surface area contributed by atoms with Crippen molar-refractivity contribution < 1.29 is 26.7 Å². The number of methoxy groups -OCH3 is 1. The lowest BCUT2D eigenvalue weighted by molar-refractivity contribution is 0.132. The van der Waals surface area contributed by atoms with Gasteiger partial charge in [-0.15, -0.1) is 0 Å². The summed E-state index contributed by atoms with van der Waals surface area (Å²) in [5.41, 5.74) is 0. The normalized spacial score (nSPS) is 20.3. The van der Waals surface area contributed by atoms with Gasteiger partial charge in [-0.1, -0.05) is 6.07 Å². The molecule has 0 saturated heterocycles. The van der Waals surface area contributed by atoms with Crippen molar-refractivity contribution in [1.29, 1.82) is 0 Å². The largest absolute Gasteiger partial charge is 0.477 e. The van der Waals surface area contributed by atoms with Crippen molar-refractivity contribution >= 4 is 10.0 Å². The van der Waals surface area contributed by atoms with Crippen molar-refractivity contribution in [1.82, 2.24) is 14.7 Å². The van der Waals surface area contributed by atoms with Gasteiger partial charge >= 0.3 is 0 Å². The van der Waals surface area contributed by atoms with Crippen LogP contribution in [0.3, 0.4) is 0 Å². The summed E-state index contributed by atoms with van der Waals surface area (Å²) < 4.78 is 65.5. The van der Waals surface area contributed by atoms with Crippen LogP contribution in [0, 0.1) is 11.6 Å². The number of sulfonamides is 1. The fraction of sp³-hybridized carbons (Fsp3) is 0.412. The van der Waals surface area contributed by atoms with Gasteiger partial charge in [0.2, 0.25) is 10.0 Å². The molecule has 0 bridgehead atoms. The Morgan fingerprint density at radius 1 is 1.04 bits per heavy atom. The van der Waals surface area contributed by atoms with E-state index in [0.717, 1.165) is 18.2 Å². The zero-order valence-electron chi connectivity index (χ0n) is 14.6. The number of ether oxygens (including phenoxy) is 2. The van der Waals surface area contributed by atoms with Gasteiger partial charge in [0.1, 0.15) is 17.7 Å². The Hall–Kier alpha value is -2.33. The van der Waals surface area contributed by atoms with Gasteiger partial charge < -0.3 is 9.47 Å². The highest BCUT2D eigenvalue weighted by molar-refractivity contribution is 7.89. The number of nitrogens with one attached hydrogen (secondary N) is 1. The molecule has 0 atom stereocenters. The van der Waals surface area contributed by atoms with E-state index in [1.165, 1.54) is 19.5 Å². The van der Waals surface area contributed by atoms with Crippen LogP contribution in [0.15, 0.2) is 35.5 Å². The summed E-state index contributed by atoms with van der Waals surface area (Å²) in [5.74, 6) is -1.68. The molecule has 1 aromatic carbocycles. The maximum absolute atomic E-state index is 13.8. The van der Waals surface area contributed by atoms with E-state index in [2.05, 4.69) is 14.7 Å². The molecule has 7 nitrogen and oxygen atoms in total. The predicted octanol–water partition coefficient (Wildman–Crippen LogP) is 2.43. The summed E-state index contributed by atoms with van der Waals surface area (Å²) in [5, 5.41) is 0. The van der Waals surface area contributed by atoms with Crippen molar-refractivity contribution in [2.75, 3.05) is 7.11 Å². The molecule has 10 heteroatoms. The van der Waals surface area contributed by atoms with Crippen LogP contribution in [0.1, 0.15) is 25.7 Å². The van der Waals surface area contributed by atoms with Crippen molar-refractivity contribution in [3.8, 4) is 11.8 Å². The Morgan fingerprint density at radius 2 is 1.63 bits per heavy atom. The summed E-state index contributed by atoms with van der Waals surface area (Å²) >= 11 is 0. The molecule has 1 aliphatic carbocycles. The first-order chi connectivity index (χ1) is 12.9. The first-order valence-electron chi connectivity index (χ1n) is 8.38. The Balaban J connectivity index is 1.61. The van der Waals surface area contributed by atoms with E-state index in [1.54, 1.807) is 0 Å². The van der Waals surface area contributed by atoms with E-state index in [-0.39, 0.29) is 17.9 Å². The second-order valence-electron chi connectivity index (χ2n) is 6.13. The molecule has 1 N–H and O–H groups in total. The molecule has 2 aromatic rings. The number of hydrogen-bond donors (Lipinski definition) is 1. The third-order valence-corrected chi connectivity index (χ3v) is 5.86. The Kier molecular flexibility index (Phi) is 5.85. The molecule has 146 valence electrons. The lowest BCUT2D eigenvalue weighted by Gasteiger charge is -2.29. The van der Waals surface area contributed by atoms with Gasteiger partial charge in [-0.05, 0) is 37.8 Å². The lowest BCUT2D eigenvalue weighted by Crippen LogP contribution is -2.40. The zero-order valence-corrected chi connectivity index (χ0v) is 15.4. The highest BCUT2D eigenvalue weighted by Crippen LogP contribution is 2.28. The van der Waals surface area contributed by atoms with E-state index in [0.29, 0.717) is 25.7 Å². The molecule has 27 heavy (non-hydrogen) atoms. The van der Waals surface area contributed by atoms with Crippen molar-refractivity contribution in [2.45, 2.75) is 42.7 Å². The molecule has 0 aliphatic heterocycles. The average molecular weight is 399 g/mol. The smallest absolute Gasteiger partial charge is 0.278 e. The summed E-state index contributed by atoms with van der Waals surface area (Å²) in [4.78, 5) is 7.13. The highest BCUT2D eigenvalue weighted by Gasteiger charge is 2.30. The summed E-state index contributed by atoms with van der Waals surface area (Å²) in [6.45, 7) is 0. The topological polar surface area (TPSA) is 90.4 Å². The molecule has 0 radical (unpaired) electrons. The molecule has 3 rings (SSSR count). The van der Waals surface area contributed by atoms with Crippen LogP contribution >= 0.6 is 0 Å². The Morgan fingerprint density at radius 3 is 2.22 bits per heavy atom. The van der Waals surface area contributed by atoms with Crippen LogP contribution in [0.2, 0.25) is 0 Å². The van der Waals surface area contributed by atoms with Crippen molar-refractivity contribution in [3.63, 3.8) is 0 Å². The molecule has 1 heterocycles. The molecule has 0 unspecified atom stereocenters. The summed E-state index contributed by atoms with van der Waals surface area (Å²) in [6.07, 6.45) is 4.81. The number of nitrogens with zero attached hydrogens (tertiary/aromatic N) is 2. The van der Waals surface area contributed by atoms with E-state index in [9.17, 15) is 17.2 Å². The summed E-state index contributed by atoms with van der Waals surface area (Å²) in [7, 11) is -2.83. The third-order valence-electron chi connectivity index (χ3n) is 4.29. The number of aromatic nitrogens is 2. The molecule has 0 amide bonds. The maximum atomic E-state index is 13.8. The number of rotatable bonds is 6. The number of hydrogen-bond acceptors (Lipinski definition) is 6. The minimum atomic E-state index is -4.29. The molecule has 0 spiro atoms. The quantitative estimate of drug-likeness (QED) is 0.802. The molecule has 1 aliphatic rings. The van der Waals surface area contributed by atoms with Crippen molar-refractivity contribution in [3.05, 3.63) is 42.2 Å². The molecular formula is C17H19F2N3O4S. The minimum absolute atomic E-state index is 0.179. The standard InChI is InChI=1S/C17H19F2N3O4S/c1-25-16-17(21-10-9-20-16)26-12-7-5-11(6-8-12)22-27(23,24)15-13(18)3-2-4-14(15)19/h2-4,9-12,22H,5-8H2,1H3. The van der Waals surface area contributed by atoms with Crippen LogP contribution < -0.4 is 14.2 Å². The van der Waals surface area contributed by atoms with Crippen LogP contribution in [0.25, 0.3) is 0 Å². The van der Waals surface area contributed by atoms with Crippen LogP contribution in [0.4, 0.5) is 8.78 Å². The van der Waals surface area contributed by atoms with Crippen molar-refractivity contribution in [2.24, 2.45) is 0 Å². The lowest BCUT2D eigenvalue weighted by atomic mass is 9.94. The predicted molar refractivity (Wildman–Crippen MR) is 91.9 cm³/mol. The first kappa shape index (κ1) is 19.4. The van der Waals surface area contributed by atoms with Gasteiger partial charge in [-0.3, -0.25) is 0 Å². The molecular weight excluding hydrogens is 380 g/mol. The SMILES string of the molecule is COc1nccnc1OC1CCC(NS(=O)(=O)c2c(F)cccc2F)CC1. The van der Waals surface area contributed by atoms with Crippen LogP contribution in [-0.2, 0) is 10.0 Å². The van der Waals surface area contributed by atoms with E-state index in [1.807, 2.05) is 0 Å². The summed E-state index contributed by atoms with van der Waals surface area (Å²) in [6, 6.07) is 2.51. The number of halogens is 2. The van der Waals surface area contributed by atoms with Crippen LogP contribution in [-0.4, -0.2) is 37.6 Å². The fourth-order valence-electron chi connectivity index (χ4n) is 3.01. The van der Waals surface area contributed by atoms with Crippen LogP contribution in [0.5, 0.6) is 11.8 Å². The Bertz CT molecular complexity index is 883. The second kappa shape index (κ2) is 8.13. The molecule has 1 fully saturated rings. The van der Waals surface area contributed by atoms with Gasteiger partial charge in [-0.2, -0.15) is 0 Å². The monoisotopic (exact) mass is 399 g/mol. The second-order valence-corrected chi connectivity index (χ2v) is 7.79. The minimum Gasteiger partial charge on any atom is -0.477 e. The number of benzene rings is 1. The average Bonchev–Trinajstić information content (AvgIpc) is 2.63. The van der Waals surface area contributed by atoms with E-state index < -0.39 is 32.6 Å². The molecule has 1 aromatic heterocycles. The van der Waals surface area contributed by atoms with Gasteiger partial charge in [0, 0.05) is 18.4 Å². The zero-order chi connectivity index (χ0) is 19.4. The van der Waals surface area contributed by atoms with Gasteiger partial charge in [0.05, 0.1) is 7.11 Å². The third kappa shape index (κ3) is 4.51. The Labute approximate surface area is 155 Å². The van der Waals surface area contributed by atoms with E-state index >= 15 is 0 Å². The fourth-order valence-corrected chi connectivity index (χ4v) is 4.45. The van der Waals surface area contributed by atoms with Gasteiger partial charge in [-0.25, -0.2) is 31.9 Å². The first-order valence-corrected chi connectivity index (χ1v) is 9.87. The highest BCUT2D eigenvalue weighted by atomic mass is 32.2. The van der Waals surface area contributed by atoms with Gasteiger partial charge in [0.25, 0.3) is 11.8 Å².